The van der Waals surface area contributed by atoms with Gasteiger partial charge in [-0.15, -0.1) is 0 Å². The molecule has 1 spiro atoms. The molecule has 0 atom stereocenters. The monoisotopic (exact) mass is 340 g/mol. The number of hydrogen-bond acceptors (Lipinski definition) is 6. The van der Waals surface area contributed by atoms with Crippen molar-refractivity contribution in [2.45, 2.75) is 51.1 Å². The number of fused-ring (bicyclic) bond motifs is 1. The Balaban J connectivity index is 1.75. The Bertz CT molecular complexity index is 778. The molecule has 132 valence electrons. The molecule has 7 nitrogen and oxygen atoms in total. The van der Waals surface area contributed by atoms with E-state index in [4.69, 9.17) is 16.5 Å². The van der Waals surface area contributed by atoms with Crippen LogP contribution >= 0.6 is 0 Å². The SMILES string of the molecule is CC(=O)N1CCc2cc(N3C(N)=NC(N)=NC34CCCCC4)ccc21. The molecule has 0 bridgehead atoms. The Labute approximate surface area is 147 Å². The number of rotatable bonds is 1. The molecule has 4 rings (SSSR count). The maximum absolute atomic E-state index is 11.8. The lowest BCUT2D eigenvalue weighted by atomic mass is 9.87. The van der Waals surface area contributed by atoms with E-state index in [1.54, 1.807) is 6.92 Å². The number of nitrogens with two attached hydrogens (primary N) is 2. The van der Waals surface area contributed by atoms with Crippen molar-refractivity contribution in [3.8, 4) is 0 Å². The van der Waals surface area contributed by atoms with Gasteiger partial charge in [0, 0.05) is 24.8 Å². The Hall–Kier alpha value is -2.57. The van der Waals surface area contributed by atoms with Crippen molar-refractivity contribution in [3.05, 3.63) is 23.8 Å². The van der Waals surface area contributed by atoms with Crippen LogP contribution in [0.3, 0.4) is 0 Å². The molecule has 1 amide bonds. The predicted molar refractivity (Wildman–Crippen MR) is 99.7 cm³/mol. The van der Waals surface area contributed by atoms with E-state index in [1.165, 1.54) is 6.42 Å². The van der Waals surface area contributed by atoms with E-state index in [0.717, 1.165) is 55.6 Å². The summed E-state index contributed by atoms with van der Waals surface area (Å²) in [6.07, 6.45) is 6.10. The summed E-state index contributed by atoms with van der Waals surface area (Å²) in [6, 6.07) is 6.13. The lowest BCUT2D eigenvalue weighted by Crippen LogP contribution is -2.58. The summed E-state index contributed by atoms with van der Waals surface area (Å²) in [5.41, 5.74) is 14.9. The Morgan fingerprint density at radius 3 is 2.68 bits per heavy atom. The maximum Gasteiger partial charge on any atom is 0.223 e. The number of nitrogens with zero attached hydrogens (tertiary/aromatic N) is 4. The number of guanidine groups is 2. The first-order valence-electron chi connectivity index (χ1n) is 8.91. The predicted octanol–water partition coefficient (Wildman–Crippen LogP) is 1.71. The van der Waals surface area contributed by atoms with Crippen molar-refractivity contribution in [1.82, 2.24) is 0 Å². The van der Waals surface area contributed by atoms with Gasteiger partial charge in [-0.2, -0.15) is 4.99 Å². The van der Waals surface area contributed by atoms with Crippen molar-refractivity contribution in [2.24, 2.45) is 21.5 Å². The van der Waals surface area contributed by atoms with E-state index in [9.17, 15) is 4.79 Å². The largest absolute Gasteiger partial charge is 0.369 e. The number of benzene rings is 1. The minimum atomic E-state index is -0.429. The number of carbonyl (C=O) groups excluding carboxylic acids is 1. The highest BCUT2D eigenvalue weighted by atomic mass is 16.2. The molecule has 25 heavy (non-hydrogen) atoms. The second-order valence-corrected chi connectivity index (χ2v) is 7.05. The van der Waals surface area contributed by atoms with Gasteiger partial charge < -0.3 is 16.4 Å². The molecule has 1 aromatic rings. The van der Waals surface area contributed by atoms with Crippen LogP contribution in [0.15, 0.2) is 28.2 Å². The third-order valence-corrected chi connectivity index (χ3v) is 5.45. The second-order valence-electron chi connectivity index (χ2n) is 7.05. The van der Waals surface area contributed by atoms with Gasteiger partial charge in [-0.05, 0) is 55.9 Å². The number of amides is 1. The van der Waals surface area contributed by atoms with Crippen LogP contribution in [-0.4, -0.2) is 30.0 Å². The Morgan fingerprint density at radius 1 is 1.20 bits per heavy atom. The number of aliphatic imine (C=N–C) groups is 2. The molecule has 0 saturated heterocycles. The van der Waals surface area contributed by atoms with Crippen molar-refractivity contribution in [1.29, 1.82) is 0 Å². The van der Waals surface area contributed by atoms with Crippen molar-refractivity contribution in [2.75, 3.05) is 16.3 Å². The highest BCUT2D eigenvalue weighted by Crippen LogP contribution is 2.41. The molecule has 0 aromatic heterocycles. The van der Waals surface area contributed by atoms with Crippen LogP contribution in [-0.2, 0) is 11.2 Å². The molecule has 1 aromatic carbocycles. The first kappa shape index (κ1) is 15.9. The van der Waals surface area contributed by atoms with Gasteiger partial charge in [0.1, 0.15) is 5.66 Å². The highest BCUT2D eigenvalue weighted by Gasteiger charge is 2.42. The third-order valence-electron chi connectivity index (χ3n) is 5.45. The van der Waals surface area contributed by atoms with Gasteiger partial charge in [0.15, 0.2) is 0 Å². The number of anilines is 2. The van der Waals surface area contributed by atoms with Crippen LogP contribution in [0.4, 0.5) is 11.4 Å². The van der Waals surface area contributed by atoms with Gasteiger partial charge in [0.05, 0.1) is 0 Å². The summed E-state index contributed by atoms with van der Waals surface area (Å²) in [5.74, 6) is 0.738. The van der Waals surface area contributed by atoms with Gasteiger partial charge >= 0.3 is 0 Å². The molecule has 2 aliphatic heterocycles. The molecular weight excluding hydrogens is 316 g/mol. The summed E-state index contributed by atoms with van der Waals surface area (Å²) in [4.78, 5) is 24.5. The molecule has 3 aliphatic rings. The van der Waals surface area contributed by atoms with Gasteiger partial charge in [-0.3, -0.25) is 9.69 Å². The summed E-state index contributed by atoms with van der Waals surface area (Å²) in [7, 11) is 0. The summed E-state index contributed by atoms with van der Waals surface area (Å²) in [6.45, 7) is 2.33. The van der Waals surface area contributed by atoms with Crippen LogP contribution in [0.2, 0.25) is 0 Å². The fraction of sp³-hybridized carbons (Fsp3) is 0.500. The van der Waals surface area contributed by atoms with Gasteiger partial charge in [0.25, 0.3) is 0 Å². The van der Waals surface area contributed by atoms with E-state index < -0.39 is 5.66 Å². The topological polar surface area (TPSA) is 100 Å². The lowest BCUT2D eigenvalue weighted by Gasteiger charge is -2.45. The molecule has 1 fully saturated rings. The zero-order valence-corrected chi connectivity index (χ0v) is 14.5. The lowest BCUT2D eigenvalue weighted by molar-refractivity contribution is -0.116. The van der Waals surface area contributed by atoms with Crippen LogP contribution in [0.25, 0.3) is 0 Å². The highest BCUT2D eigenvalue weighted by molar-refractivity contribution is 6.06. The van der Waals surface area contributed by atoms with Gasteiger partial charge in [0.2, 0.25) is 17.8 Å². The van der Waals surface area contributed by atoms with Gasteiger partial charge in [-0.25, -0.2) is 4.99 Å². The van der Waals surface area contributed by atoms with Gasteiger partial charge in [-0.1, -0.05) is 6.42 Å². The van der Waals surface area contributed by atoms with E-state index in [1.807, 2.05) is 21.9 Å². The van der Waals surface area contributed by atoms with Crippen LogP contribution in [0.1, 0.15) is 44.6 Å². The zero-order chi connectivity index (χ0) is 17.6. The molecule has 4 N–H and O–H groups in total. The fourth-order valence-corrected chi connectivity index (χ4v) is 4.35. The molecular formula is C18H24N6O. The normalized spacial score (nSPS) is 21.8. The molecule has 2 heterocycles. The van der Waals surface area contributed by atoms with Crippen LogP contribution in [0.5, 0.6) is 0 Å². The number of hydrogen-bond donors (Lipinski definition) is 2. The van der Waals surface area contributed by atoms with Crippen molar-refractivity contribution >= 4 is 29.2 Å². The maximum atomic E-state index is 11.8. The Kier molecular flexibility index (Phi) is 3.67. The molecule has 1 aliphatic carbocycles. The molecule has 0 unspecified atom stereocenters. The fourth-order valence-electron chi connectivity index (χ4n) is 4.35. The van der Waals surface area contributed by atoms with Crippen LogP contribution in [0, 0.1) is 0 Å². The van der Waals surface area contributed by atoms with E-state index in [0.29, 0.717) is 5.96 Å². The summed E-state index contributed by atoms with van der Waals surface area (Å²) in [5, 5.41) is 0. The molecule has 7 heteroatoms. The minimum absolute atomic E-state index is 0.0756. The van der Waals surface area contributed by atoms with Crippen molar-refractivity contribution < 1.29 is 4.79 Å². The first-order chi connectivity index (χ1) is 12.0. The average molecular weight is 340 g/mol. The average Bonchev–Trinajstić information content (AvgIpc) is 2.98. The van der Waals surface area contributed by atoms with Crippen molar-refractivity contribution in [3.63, 3.8) is 0 Å². The second kappa shape index (κ2) is 5.75. The standard InChI is InChI=1S/C18H24N6O/c1-12(25)23-10-7-13-11-14(5-6-15(13)23)24-17(20)21-16(19)22-18(24)8-3-2-4-9-18/h5-6,11H,2-4,7-10H2,1H3,(H4,19,20,21,22). The minimum Gasteiger partial charge on any atom is -0.369 e. The first-order valence-corrected chi connectivity index (χ1v) is 8.91. The third kappa shape index (κ3) is 2.54. The zero-order valence-electron chi connectivity index (χ0n) is 14.5. The van der Waals surface area contributed by atoms with Crippen LogP contribution < -0.4 is 21.3 Å². The van der Waals surface area contributed by atoms with E-state index in [2.05, 4.69) is 11.1 Å². The summed E-state index contributed by atoms with van der Waals surface area (Å²) >= 11 is 0. The molecule has 1 saturated carbocycles. The smallest absolute Gasteiger partial charge is 0.223 e. The number of carbonyl (C=O) groups is 1. The van der Waals surface area contributed by atoms with E-state index in [-0.39, 0.29) is 11.9 Å². The quantitative estimate of drug-likeness (QED) is 0.812. The summed E-state index contributed by atoms with van der Waals surface area (Å²) < 4.78 is 0. The Morgan fingerprint density at radius 2 is 1.96 bits per heavy atom. The molecule has 0 radical (unpaired) electrons. The van der Waals surface area contributed by atoms with E-state index >= 15 is 0 Å².